The third-order valence-corrected chi connectivity index (χ3v) is 3.52. The van der Waals surface area contributed by atoms with Gasteiger partial charge in [0.05, 0.1) is 13.2 Å². The number of likely N-dealkylation sites (N-methyl/N-ethyl adjacent to an activating group) is 1. The lowest BCUT2D eigenvalue weighted by molar-refractivity contribution is -0.126. The highest BCUT2D eigenvalue weighted by Gasteiger charge is 2.31. The molecule has 3 heteroatoms. The van der Waals surface area contributed by atoms with E-state index in [2.05, 4.69) is 11.8 Å². The molecule has 1 amide bonds. The Bertz CT molecular complexity index is 211. The SMILES string of the molecule is CCN1CN(C2CCCCC2)CC1=O. The van der Waals surface area contributed by atoms with Crippen molar-refractivity contribution in [1.29, 1.82) is 0 Å². The second kappa shape index (κ2) is 4.30. The van der Waals surface area contributed by atoms with Gasteiger partial charge in [-0.25, -0.2) is 0 Å². The minimum Gasteiger partial charge on any atom is -0.329 e. The highest BCUT2D eigenvalue weighted by molar-refractivity contribution is 5.80. The van der Waals surface area contributed by atoms with E-state index in [1.54, 1.807) is 0 Å². The van der Waals surface area contributed by atoms with Gasteiger partial charge in [-0.2, -0.15) is 0 Å². The van der Waals surface area contributed by atoms with E-state index in [9.17, 15) is 4.79 Å². The molecule has 0 aromatic rings. The van der Waals surface area contributed by atoms with Gasteiger partial charge in [0.2, 0.25) is 5.91 Å². The van der Waals surface area contributed by atoms with Crippen LogP contribution in [0.5, 0.6) is 0 Å². The predicted molar refractivity (Wildman–Crippen MR) is 55.8 cm³/mol. The van der Waals surface area contributed by atoms with E-state index in [4.69, 9.17) is 0 Å². The van der Waals surface area contributed by atoms with Gasteiger partial charge in [0.15, 0.2) is 0 Å². The molecule has 0 radical (unpaired) electrons. The van der Waals surface area contributed by atoms with E-state index in [0.29, 0.717) is 18.5 Å². The Morgan fingerprint density at radius 1 is 1.29 bits per heavy atom. The third-order valence-electron chi connectivity index (χ3n) is 3.52. The number of nitrogens with zero attached hydrogens (tertiary/aromatic N) is 2. The molecule has 1 aliphatic heterocycles. The predicted octanol–water partition coefficient (Wildman–Crippen LogP) is 1.44. The van der Waals surface area contributed by atoms with Crippen LogP contribution in [0, 0.1) is 0 Å². The Balaban J connectivity index is 1.90. The minimum atomic E-state index is 0.318. The molecule has 2 aliphatic rings. The normalized spacial score (nSPS) is 26.1. The lowest BCUT2D eigenvalue weighted by Gasteiger charge is -2.30. The monoisotopic (exact) mass is 196 g/mol. The summed E-state index contributed by atoms with van der Waals surface area (Å²) in [6.07, 6.45) is 6.68. The van der Waals surface area contributed by atoms with Crippen molar-refractivity contribution in [1.82, 2.24) is 9.80 Å². The van der Waals surface area contributed by atoms with Crippen LogP contribution in [0.15, 0.2) is 0 Å². The molecule has 14 heavy (non-hydrogen) atoms. The first kappa shape index (κ1) is 9.97. The second-order valence-electron chi connectivity index (χ2n) is 4.43. The average molecular weight is 196 g/mol. The molecule has 0 spiro atoms. The first-order valence-corrected chi connectivity index (χ1v) is 5.83. The number of rotatable bonds is 2. The highest BCUT2D eigenvalue weighted by atomic mass is 16.2. The van der Waals surface area contributed by atoms with Crippen molar-refractivity contribution in [3.8, 4) is 0 Å². The van der Waals surface area contributed by atoms with Gasteiger partial charge in [-0.1, -0.05) is 19.3 Å². The van der Waals surface area contributed by atoms with Crippen LogP contribution in [-0.2, 0) is 4.79 Å². The molecule has 2 rings (SSSR count). The fourth-order valence-electron chi connectivity index (χ4n) is 2.59. The molecule has 0 bridgehead atoms. The summed E-state index contributed by atoms with van der Waals surface area (Å²) in [5.41, 5.74) is 0. The molecule has 0 aromatic heterocycles. The zero-order valence-corrected chi connectivity index (χ0v) is 9.04. The fraction of sp³-hybridized carbons (Fsp3) is 0.909. The van der Waals surface area contributed by atoms with Crippen LogP contribution in [0.25, 0.3) is 0 Å². The van der Waals surface area contributed by atoms with E-state index in [1.165, 1.54) is 32.1 Å². The van der Waals surface area contributed by atoms with E-state index >= 15 is 0 Å². The van der Waals surface area contributed by atoms with Gasteiger partial charge in [-0.15, -0.1) is 0 Å². The topological polar surface area (TPSA) is 23.6 Å². The summed E-state index contributed by atoms with van der Waals surface area (Å²) in [6, 6.07) is 0.684. The molecular formula is C11H20N2O. The lowest BCUT2D eigenvalue weighted by atomic mass is 9.94. The zero-order valence-electron chi connectivity index (χ0n) is 9.04. The van der Waals surface area contributed by atoms with Crippen molar-refractivity contribution in [2.75, 3.05) is 19.8 Å². The summed E-state index contributed by atoms with van der Waals surface area (Å²) < 4.78 is 0. The molecular weight excluding hydrogens is 176 g/mol. The van der Waals surface area contributed by atoms with Gasteiger partial charge in [0, 0.05) is 12.6 Å². The summed E-state index contributed by atoms with van der Waals surface area (Å²) in [5, 5.41) is 0. The van der Waals surface area contributed by atoms with Crippen molar-refractivity contribution >= 4 is 5.91 Å². The van der Waals surface area contributed by atoms with E-state index in [0.717, 1.165) is 13.2 Å². The summed E-state index contributed by atoms with van der Waals surface area (Å²) in [4.78, 5) is 15.9. The summed E-state index contributed by atoms with van der Waals surface area (Å²) in [6.45, 7) is 4.46. The van der Waals surface area contributed by atoms with Crippen LogP contribution in [0.4, 0.5) is 0 Å². The first-order chi connectivity index (χ1) is 6.81. The minimum absolute atomic E-state index is 0.318. The van der Waals surface area contributed by atoms with Gasteiger partial charge in [0.1, 0.15) is 0 Å². The molecule has 0 unspecified atom stereocenters. The number of hydrogen-bond acceptors (Lipinski definition) is 2. The quantitative estimate of drug-likeness (QED) is 0.667. The summed E-state index contributed by atoms with van der Waals surface area (Å²) >= 11 is 0. The molecule has 80 valence electrons. The van der Waals surface area contributed by atoms with Gasteiger partial charge >= 0.3 is 0 Å². The molecule has 1 saturated carbocycles. The van der Waals surface area contributed by atoms with Crippen molar-refractivity contribution < 1.29 is 4.79 Å². The van der Waals surface area contributed by atoms with E-state index < -0.39 is 0 Å². The van der Waals surface area contributed by atoms with Crippen LogP contribution >= 0.6 is 0 Å². The highest BCUT2D eigenvalue weighted by Crippen LogP contribution is 2.24. The molecule has 3 nitrogen and oxygen atoms in total. The van der Waals surface area contributed by atoms with Crippen LogP contribution in [-0.4, -0.2) is 41.5 Å². The summed E-state index contributed by atoms with van der Waals surface area (Å²) in [7, 11) is 0. The zero-order chi connectivity index (χ0) is 9.97. The van der Waals surface area contributed by atoms with Crippen molar-refractivity contribution in [2.45, 2.75) is 45.1 Å². The second-order valence-corrected chi connectivity index (χ2v) is 4.43. The number of carbonyl (C=O) groups excluding carboxylic acids is 1. The van der Waals surface area contributed by atoms with E-state index in [-0.39, 0.29) is 0 Å². The number of hydrogen-bond donors (Lipinski definition) is 0. The van der Waals surface area contributed by atoms with Gasteiger partial charge in [0.25, 0.3) is 0 Å². The van der Waals surface area contributed by atoms with Gasteiger partial charge < -0.3 is 4.90 Å². The van der Waals surface area contributed by atoms with Crippen LogP contribution < -0.4 is 0 Å². The Morgan fingerprint density at radius 3 is 2.57 bits per heavy atom. The van der Waals surface area contributed by atoms with Crippen molar-refractivity contribution in [3.63, 3.8) is 0 Å². The molecule has 0 N–H and O–H groups in total. The Labute approximate surface area is 86.1 Å². The van der Waals surface area contributed by atoms with Crippen molar-refractivity contribution in [3.05, 3.63) is 0 Å². The maximum atomic E-state index is 11.5. The lowest BCUT2D eigenvalue weighted by Crippen LogP contribution is -2.36. The molecule has 1 heterocycles. The molecule has 1 aliphatic carbocycles. The largest absolute Gasteiger partial charge is 0.329 e. The Morgan fingerprint density at radius 2 is 2.00 bits per heavy atom. The molecule has 1 saturated heterocycles. The van der Waals surface area contributed by atoms with Crippen LogP contribution in [0.2, 0.25) is 0 Å². The third kappa shape index (κ3) is 1.92. The van der Waals surface area contributed by atoms with Crippen LogP contribution in [0.1, 0.15) is 39.0 Å². The number of carbonyl (C=O) groups is 1. The summed E-state index contributed by atoms with van der Waals surface area (Å²) in [5.74, 6) is 0.318. The Hall–Kier alpha value is -0.570. The van der Waals surface area contributed by atoms with Gasteiger partial charge in [-0.3, -0.25) is 9.69 Å². The molecule has 2 fully saturated rings. The van der Waals surface area contributed by atoms with Crippen molar-refractivity contribution in [2.24, 2.45) is 0 Å². The smallest absolute Gasteiger partial charge is 0.237 e. The fourth-order valence-corrected chi connectivity index (χ4v) is 2.59. The number of amides is 1. The first-order valence-electron chi connectivity index (χ1n) is 5.83. The van der Waals surface area contributed by atoms with Crippen LogP contribution in [0.3, 0.4) is 0 Å². The molecule has 0 atom stereocenters. The standard InChI is InChI=1S/C11H20N2O/c1-2-12-9-13(8-11(12)14)10-6-4-3-5-7-10/h10H,2-9H2,1H3. The maximum Gasteiger partial charge on any atom is 0.237 e. The molecule has 0 aromatic carbocycles. The maximum absolute atomic E-state index is 11.5. The van der Waals surface area contributed by atoms with E-state index in [1.807, 2.05) is 4.90 Å². The average Bonchev–Trinajstić information content (AvgIpc) is 2.61. The van der Waals surface area contributed by atoms with Gasteiger partial charge in [-0.05, 0) is 19.8 Å². The Kier molecular flexibility index (Phi) is 3.06.